The Morgan fingerprint density at radius 1 is 1.42 bits per heavy atom. The summed E-state index contributed by atoms with van der Waals surface area (Å²) >= 11 is 0. The van der Waals surface area contributed by atoms with Crippen LogP contribution in [0, 0.1) is 0 Å². The molecule has 0 unspecified atom stereocenters. The summed E-state index contributed by atoms with van der Waals surface area (Å²) in [5, 5.41) is 13.0. The first-order valence-corrected chi connectivity index (χ1v) is 6.43. The maximum atomic E-state index is 11.7. The smallest absolute Gasteiger partial charge is 0.341 e. The topological polar surface area (TPSA) is 58.6 Å². The van der Waals surface area contributed by atoms with Gasteiger partial charge in [-0.05, 0) is 56.5 Å². The van der Waals surface area contributed by atoms with E-state index in [1.807, 2.05) is 6.07 Å². The molecule has 2 rings (SSSR count). The molecule has 1 saturated heterocycles. The van der Waals surface area contributed by atoms with Crippen molar-refractivity contribution in [2.75, 3.05) is 19.7 Å². The monoisotopic (exact) mass is 285 g/mol. The van der Waals surface area contributed by atoms with Crippen molar-refractivity contribution < 1.29 is 14.6 Å². The van der Waals surface area contributed by atoms with Gasteiger partial charge in [-0.3, -0.25) is 0 Å². The fourth-order valence-electron chi connectivity index (χ4n) is 2.34. The fraction of sp³-hybridized carbons (Fsp3) is 0.500. The van der Waals surface area contributed by atoms with Crippen molar-refractivity contribution in [3.05, 3.63) is 29.3 Å². The van der Waals surface area contributed by atoms with Gasteiger partial charge < -0.3 is 15.2 Å². The zero-order valence-electron chi connectivity index (χ0n) is 11.0. The third kappa shape index (κ3) is 3.85. The minimum absolute atomic E-state index is 0. The molecule has 1 heterocycles. The van der Waals surface area contributed by atoms with E-state index >= 15 is 0 Å². The second-order valence-electron chi connectivity index (χ2n) is 4.52. The number of hydrogen-bond donors (Lipinski definition) is 2. The highest BCUT2D eigenvalue weighted by Crippen LogP contribution is 2.29. The molecule has 1 fully saturated rings. The molecule has 0 aromatic heterocycles. The lowest BCUT2D eigenvalue weighted by atomic mass is 9.89. The quantitative estimate of drug-likeness (QED) is 0.838. The number of carbonyl (C=O) groups is 1. The highest BCUT2D eigenvalue weighted by molar-refractivity contribution is 5.92. The highest BCUT2D eigenvalue weighted by Gasteiger charge is 2.19. The van der Waals surface area contributed by atoms with Gasteiger partial charge in [-0.25, -0.2) is 4.79 Å². The van der Waals surface area contributed by atoms with E-state index in [2.05, 4.69) is 5.32 Å². The van der Waals surface area contributed by atoms with Crippen molar-refractivity contribution in [3.63, 3.8) is 0 Å². The summed E-state index contributed by atoms with van der Waals surface area (Å²) in [6, 6.07) is 5.25. The first-order chi connectivity index (χ1) is 8.72. The van der Waals surface area contributed by atoms with Crippen LogP contribution in [0.4, 0.5) is 0 Å². The van der Waals surface area contributed by atoms with Crippen LogP contribution in [0.2, 0.25) is 0 Å². The number of phenolic OH excluding ortho intramolecular Hbond substituents is 1. The molecule has 0 aliphatic carbocycles. The number of nitrogens with one attached hydrogen (secondary N) is 1. The predicted molar refractivity (Wildman–Crippen MR) is 76.2 cm³/mol. The number of hydrogen-bond acceptors (Lipinski definition) is 4. The number of aromatic hydroxyl groups is 1. The predicted octanol–water partition coefficient (Wildman–Crippen LogP) is 2.46. The molecule has 4 nitrogen and oxygen atoms in total. The number of carbonyl (C=O) groups excluding carboxylic acids is 1. The molecule has 0 radical (unpaired) electrons. The molecule has 0 bridgehead atoms. The molecule has 1 aromatic carbocycles. The van der Waals surface area contributed by atoms with Crippen molar-refractivity contribution in [3.8, 4) is 5.75 Å². The van der Waals surface area contributed by atoms with Crippen molar-refractivity contribution in [1.82, 2.24) is 5.32 Å². The second-order valence-corrected chi connectivity index (χ2v) is 4.52. The number of phenols is 1. The largest absolute Gasteiger partial charge is 0.507 e. The number of ether oxygens (including phenoxy) is 1. The third-order valence-electron chi connectivity index (χ3n) is 3.33. The van der Waals surface area contributed by atoms with Crippen LogP contribution < -0.4 is 5.32 Å². The zero-order chi connectivity index (χ0) is 13.0. The van der Waals surface area contributed by atoms with Crippen LogP contribution >= 0.6 is 12.4 Å². The highest BCUT2D eigenvalue weighted by atomic mass is 35.5. The van der Waals surface area contributed by atoms with E-state index < -0.39 is 5.97 Å². The first-order valence-electron chi connectivity index (χ1n) is 6.43. The zero-order valence-corrected chi connectivity index (χ0v) is 11.8. The van der Waals surface area contributed by atoms with Gasteiger partial charge in [0.1, 0.15) is 11.3 Å². The number of halogens is 1. The summed E-state index contributed by atoms with van der Waals surface area (Å²) in [7, 11) is 0. The molecule has 19 heavy (non-hydrogen) atoms. The standard InChI is InChI=1S/C14H19NO3.ClH/c1-2-18-14(17)12-9-11(3-4-13(12)16)10-5-7-15-8-6-10;/h3-4,9-10,15-16H,2,5-8H2,1H3;1H. The molecule has 5 heteroatoms. The van der Waals surface area contributed by atoms with Crippen molar-refractivity contribution in [1.29, 1.82) is 0 Å². The van der Waals surface area contributed by atoms with Crippen LogP contribution in [0.1, 0.15) is 41.6 Å². The summed E-state index contributed by atoms with van der Waals surface area (Å²) in [5.74, 6) is -0.00283. The molecular formula is C14H20ClNO3. The Bertz CT molecular complexity index is 431. The van der Waals surface area contributed by atoms with Crippen molar-refractivity contribution in [2.45, 2.75) is 25.7 Å². The van der Waals surface area contributed by atoms with E-state index in [0.717, 1.165) is 31.5 Å². The van der Waals surface area contributed by atoms with Gasteiger partial charge in [0.2, 0.25) is 0 Å². The van der Waals surface area contributed by atoms with E-state index in [-0.39, 0.29) is 23.7 Å². The minimum atomic E-state index is -0.453. The van der Waals surface area contributed by atoms with E-state index in [4.69, 9.17) is 4.74 Å². The average molecular weight is 286 g/mol. The van der Waals surface area contributed by atoms with Crippen LogP contribution in [-0.4, -0.2) is 30.8 Å². The van der Waals surface area contributed by atoms with Crippen molar-refractivity contribution in [2.24, 2.45) is 0 Å². The maximum Gasteiger partial charge on any atom is 0.341 e. The summed E-state index contributed by atoms with van der Waals surface area (Å²) < 4.78 is 4.94. The van der Waals surface area contributed by atoms with Crippen LogP contribution in [-0.2, 0) is 4.74 Å². The van der Waals surface area contributed by atoms with Crippen LogP contribution in [0.5, 0.6) is 5.75 Å². The van der Waals surface area contributed by atoms with Crippen molar-refractivity contribution >= 4 is 18.4 Å². The molecule has 0 atom stereocenters. The van der Waals surface area contributed by atoms with Gasteiger partial charge in [0.05, 0.1) is 6.61 Å². The lowest BCUT2D eigenvalue weighted by molar-refractivity contribution is 0.0523. The fourth-order valence-corrected chi connectivity index (χ4v) is 2.34. The van der Waals surface area contributed by atoms with Gasteiger partial charge in [0.15, 0.2) is 0 Å². The summed E-state index contributed by atoms with van der Waals surface area (Å²) in [6.45, 7) is 4.07. The lowest BCUT2D eigenvalue weighted by Crippen LogP contribution is -2.26. The average Bonchev–Trinajstić information content (AvgIpc) is 2.40. The third-order valence-corrected chi connectivity index (χ3v) is 3.33. The summed E-state index contributed by atoms with van der Waals surface area (Å²) in [6.07, 6.45) is 2.13. The second kappa shape index (κ2) is 7.36. The molecule has 0 saturated carbocycles. The van der Waals surface area contributed by atoms with Gasteiger partial charge in [0.25, 0.3) is 0 Å². The molecule has 106 valence electrons. The molecule has 1 aliphatic rings. The Labute approximate surface area is 119 Å². The molecule has 1 aliphatic heterocycles. The Balaban J connectivity index is 0.00000180. The van der Waals surface area contributed by atoms with Gasteiger partial charge in [0, 0.05) is 0 Å². The Hall–Kier alpha value is -1.26. The lowest BCUT2D eigenvalue weighted by Gasteiger charge is -2.23. The Morgan fingerprint density at radius 3 is 2.74 bits per heavy atom. The van der Waals surface area contributed by atoms with Crippen LogP contribution in [0.3, 0.4) is 0 Å². The van der Waals surface area contributed by atoms with Gasteiger partial charge in [-0.1, -0.05) is 6.07 Å². The number of esters is 1. The van der Waals surface area contributed by atoms with E-state index in [9.17, 15) is 9.90 Å². The molecule has 2 N–H and O–H groups in total. The molecule has 0 spiro atoms. The molecule has 0 amide bonds. The minimum Gasteiger partial charge on any atom is -0.507 e. The van der Waals surface area contributed by atoms with Crippen LogP contribution in [0.15, 0.2) is 18.2 Å². The number of benzene rings is 1. The summed E-state index contributed by atoms with van der Waals surface area (Å²) in [4.78, 5) is 11.7. The van der Waals surface area contributed by atoms with E-state index in [1.54, 1.807) is 19.1 Å². The Kier molecular flexibility index (Phi) is 6.12. The summed E-state index contributed by atoms with van der Waals surface area (Å²) in [5.41, 5.74) is 1.38. The normalized spacial score (nSPS) is 15.6. The number of rotatable bonds is 3. The van der Waals surface area contributed by atoms with Gasteiger partial charge in [-0.2, -0.15) is 0 Å². The van der Waals surface area contributed by atoms with Gasteiger partial charge >= 0.3 is 5.97 Å². The Morgan fingerprint density at radius 2 is 2.11 bits per heavy atom. The SMILES string of the molecule is CCOC(=O)c1cc(C2CCNCC2)ccc1O.Cl. The first kappa shape index (κ1) is 15.8. The molecular weight excluding hydrogens is 266 g/mol. The van der Waals surface area contributed by atoms with Crippen LogP contribution in [0.25, 0.3) is 0 Å². The van der Waals surface area contributed by atoms with E-state index in [1.165, 1.54) is 0 Å². The number of piperidine rings is 1. The van der Waals surface area contributed by atoms with Gasteiger partial charge in [-0.15, -0.1) is 12.4 Å². The van der Waals surface area contributed by atoms with E-state index in [0.29, 0.717) is 12.5 Å². The maximum absolute atomic E-state index is 11.7. The molecule has 1 aromatic rings.